The van der Waals surface area contributed by atoms with Crippen molar-refractivity contribution in [3.05, 3.63) is 24.8 Å². The fraction of sp³-hybridized carbons (Fsp3) is 0.737. The minimum Gasteiger partial charge on any atom is -0.303 e. The highest BCUT2D eigenvalue weighted by Crippen LogP contribution is 2.32. The first-order valence-corrected chi connectivity index (χ1v) is 8.56. The fourth-order valence-corrected chi connectivity index (χ4v) is 3.81. The average Bonchev–Trinajstić information content (AvgIpc) is 2.53. The van der Waals surface area contributed by atoms with Gasteiger partial charge in [0.15, 0.2) is 0 Å². The Morgan fingerprint density at radius 1 is 0.850 bits per heavy atom. The molecule has 0 amide bonds. The zero-order chi connectivity index (χ0) is 14.2. The molecule has 0 heterocycles. The number of hydrogen-bond acceptors (Lipinski definition) is 1. The van der Waals surface area contributed by atoms with Gasteiger partial charge in [0.2, 0.25) is 0 Å². The van der Waals surface area contributed by atoms with E-state index in [0.29, 0.717) is 5.92 Å². The number of aldehydes is 1. The van der Waals surface area contributed by atoms with Crippen molar-refractivity contribution in [2.45, 2.75) is 64.2 Å². The van der Waals surface area contributed by atoms with E-state index in [4.69, 9.17) is 0 Å². The summed E-state index contributed by atoms with van der Waals surface area (Å²) in [6.45, 7) is 3.92. The van der Waals surface area contributed by atoms with Crippen molar-refractivity contribution in [1.29, 1.82) is 0 Å². The summed E-state index contributed by atoms with van der Waals surface area (Å²) in [6, 6.07) is 0. The van der Waals surface area contributed by atoms with Gasteiger partial charge in [-0.2, -0.15) is 0 Å². The van der Waals surface area contributed by atoms with Crippen LogP contribution in [0.25, 0.3) is 0 Å². The maximum Gasteiger partial charge on any atom is 0.123 e. The van der Waals surface area contributed by atoms with E-state index in [2.05, 4.69) is 24.8 Å². The maximum absolute atomic E-state index is 10.7. The maximum atomic E-state index is 10.7. The van der Waals surface area contributed by atoms with Crippen molar-refractivity contribution in [2.24, 2.45) is 23.7 Å². The topological polar surface area (TPSA) is 17.1 Å². The molecule has 1 heteroatoms. The summed E-state index contributed by atoms with van der Waals surface area (Å²) in [7, 11) is 0. The highest BCUT2D eigenvalue weighted by atomic mass is 16.1. The largest absolute Gasteiger partial charge is 0.303 e. The molecule has 112 valence electrons. The van der Waals surface area contributed by atoms with Crippen LogP contribution in [0.15, 0.2) is 24.8 Å². The van der Waals surface area contributed by atoms with E-state index < -0.39 is 0 Å². The van der Waals surface area contributed by atoms with Gasteiger partial charge in [0, 0.05) is 5.92 Å². The van der Waals surface area contributed by atoms with Crippen molar-refractivity contribution in [1.82, 2.24) is 0 Å². The van der Waals surface area contributed by atoms with Crippen LogP contribution in [0.2, 0.25) is 0 Å². The Hall–Kier alpha value is -0.850. The van der Waals surface area contributed by atoms with Gasteiger partial charge in [0.05, 0.1) is 0 Å². The van der Waals surface area contributed by atoms with Gasteiger partial charge in [0.1, 0.15) is 6.29 Å². The van der Waals surface area contributed by atoms with E-state index in [1.807, 2.05) is 0 Å². The van der Waals surface area contributed by atoms with Crippen LogP contribution >= 0.6 is 0 Å². The van der Waals surface area contributed by atoms with E-state index in [1.165, 1.54) is 51.4 Å². The highest BCUT2D eigenvalue weighted by Gasteiger charge is 2.19. The molecule has 0 atom stereocenters. The monoisotopic (exact) mass is 274 g/mol. The molecule has 0 spiro atoms. The van der Waals surface area contributed by atoms with Gasteiger partial charge in [-0.05, 0) is 82.0 Å². The van der Waals surface area contributed by atoms with Gasteiger partial charge in [-0.15, -0.1) is 6.58 Å². The van der Waals surface area contributed by atoms with Crippen LogP contribution in [0, 0.1) is 23.7 Å². The van der Waals surface area contributed by atoms with Crippen LogP contribution in [0.5, 0.6) is 0 Å². The lowest BCUT2D eigenvalue weighted by Crippen LogP contribution is -2.14. The van der Waals surface area contributed by atoms with E-state index in [-0.39, 0.29) is 0 Å². The van der Waals surface area contributed by atoms with Gasteiger partial charge in [-0.25, -0.2) is 0 Å². The molecule has 2 aliphatic carbocycles. The first-order valence-electron chi connectivity index (χ1n) is 8.56. The minimum absolute atomic E-state index is 0.347. The summed E-state index contributed by atoms with van der Waals surface area (Å²) in [6.07, 6.45) is 20.9. The van der Waals surface area contributed by atoms with Gasteiger partial charge in [-0.1, -0.05) is 18.2 Å². The Morgan fingerprint density at radius 2 is 1.45 bits per heavy atom. The SMILES string of the molecule is C=CC1CCC(CC/C=C/C2CCC(C=O)CC2)CC1. The summed E-state index contributed by atoms with van der Waals surface area (Å²) in [5, 5.41) is 0. The van der Waals surface area contributed by atoms with Crippen molar-refractivity contribution >= 4 is 6.29 Å². The van der Waals surface area contributed by atoms with Crippen LogP contribution in [0.3, 0.4) is 0 Å². The summed E-state index contributed by atoms with van der Waals surface area (Å²) in [5.41, 5.74) is 0. The average molecular weight is 274 g/mol. The van der Waals surface area contributed by atoms with E-state index in [0.717, 1.165) is 36.9 Å². The van der Waals surface area contributed by atoms with Gasteiger partial charge >= 0.3 is 0 Å². The summed E-state index contributed by atoms with van der Waals surface area (Å²) >= 11 is 0. The van der Waals surface area contributed by atoms with Gasteiger partial charge in [0.25, 0.3) is 0 Å². The number of carbonyl (C=O) groups is 1. The predicted molar refractivity (Wildman–Crippen MR) is 85.5 cm³/mol. The molecule has 0 N–H and O–H groups in total. The molecule has 0 aliphatic heterocycles. The smallest absolute Gasteiger partial charge is 0.123 e. The molecule has 2 saturated carbocycles. The molecule has 0 saturated heterocycles. The third-order valence-electron chi connectivity index (χ3n) is 5.38. The van der Waals surface area contributed by atoms with E-state index >= 15 is 0 Å². The number of rotatable bonds is 6. The van der Waals surface area contributed by atoms with Crippen LogP contribution in [-0.2, 0) is 4.79 Å². The van der Waals surface area contributed by atoms with Crippen molar-refractivity contribution < 1.29 is 4.79 Å². The standard InChI is InChI=1S/C19H30O/c1-2-16-7-9-17(10-8-16)5-3-4-6-18-11-13-19(15-20)14-12-18/h2,4,6,15-19H,1,3,5,7-14H2/b6-4+. The molecule has 2 rings (SSSR count). The minimum atomic E-state index is 0.347. The van der Waals surface area contributed by atoms with Crippen LogP contribution in [-0.4, -0.2) is 6.29 Å². The molecule has 2 aliphatic rings. The molecule has 0 radical (unpaired) electrons. The third kappa shape index (κ3) is 4.92. The molecule has 20 heavy (non-hydrogen) atoms. The third-order valence-corrected chi connectivity index (χ3v) is 5.38. The molecular weight excluding hydrogens is 244 g/mol. The quantitative estimate of drug-likeness (QED) is 0.473. The van der Waals surface area contributed by atoms with Gasteiger partial charge < -0.3 is 4.79 Å². The zero-order valence-electron chi connectivity index (χ0n) is 12.8. The molecule has 0 aromatic rings. The molecule has 1 nitrogen and oxygen atoms in total. The van der Waals surface area contributed by atoms with E-state index in [1.54, 1.807) is 0 Å². The molecule has 0 aromatic carbocycles. The Morgan fingerprint density at radius 3 is 2.05 bits per heavy atom. The van der Waals surface area contributed by atoms with Crippen LogP contribution in [0.4, 0.5) is 0 Å². The Balaban J connectivity index is 1.58. The molecule has 2 fully saturated rings. The van der Waals surface area contributed by atoms with E-state index in [9.17, 15) is 4.79 Å². The second kappa shape index (κ2) is 8.44. The molecular formula is C19H30O. The number of allylic oxidation sites excluding steroid dienone is 3. The lowest BCUT2D eigenvalue weighted by Gasteiger charge is -2.26. The Bertz CT molecular complexity index is 315. The highest BCUT2D eigenvalue weighted by molar-refractivity contribution is 5.53. The lowest BCUT2D eigenvalue weighted by molar-refractivity contribution is -0.112. The Kier molecular flexibility index (Phi) is 6.56. The first-order chi connectivity index (χ1) is 9.81. The zero-order valence-corrected chi connectivity index (χ0v) is 12.8. The second-order valence-electron chi connectivity index (χ2n) is 6.83. The Labute approximate surface area is 124 Å². The van der Waals surface area contributed by atoms with Crippen molar-refractivity contribution in [2.75, 3.05) is 0 Å². The summed E-state index contributed by atoms with van der Waals surface area (Å²) in [4.78, 5) is 10.7. The number of hydrogen-bond donors (Lipinski definition) is 0. The normalized spacial score (nSPS) is 35.0. The molecule has 0 aromatic heterocycles. The molecule has 0 bridgehead atoms. The summed E-state index contributed by atoms with van der Waals surface area (Å²) < 4.78 is 0. The second-order valence-corrected chi connectivity index (χ2v) is 6.83. The fourth-order valence-electron chi connectivity index (χ4n) is 3.81. The molecule has 0 unspecified atom stereocenters. The van der Waals surface area contributed by atoms with Crippen molar-refractivity contribution in [3.63, 3.8) is 0 Å². The van der Waals surface area contributed by atoms with Crippen molar-refractivity contribution in [3.8, 4) is 0 Å². The number of carbonyl (C=O) groups excluding carboxylic acids is 1. The van der Waals surface area contributed by atoms with Crippen LogP contribution < -0.4 is 0 Å². The first kappa shape index (κ1) is 15.5. The van der Waals surface area contributed by atoms with Crippen LogP contribution in [0.1, 0.15) is 64.2 Å². The van der Waals surface area contributed by atoms with Gasteiger partial charge in [-0.3, -0.25) is 0 Å². The lowest BCUT2D eigenvalue weighted by atomic mass is 9.80. The predicted octanol–water partition coefficient (Wildman–Crippen LogP) is 5.32. The summed E-state index contributed by atoms with van der Waals surface area (Å²) in [5.74, 6) is 2.82.